The molecular weight excluding hydrogens is 490 g/mol. The lowest BCUT2D eigenvalue weighted by Crippen LogP contribution is -2.38. The summed E-state index contributed by atoms with van der Waals surface area (Å²) in [5.74, 6) is -0.909. The Hall–Kier alpha value is -2.07. The van der Waals surface area contributed by atoms with Crippen molar-refractivity contribution >= 4 is 17.8 Å². The molecule has 0 bridgehead atoms. The predicted octanol–water partition coefficient (Wildman–Crippen LogP) is 3.89. The molecule has 3 rings (SSSR count). The van der Waals surface area contributed by atoms with Crippen LogP contribution in [0.2, 0.25) is 0 Å². The molecule has 3 fully saturated rings. The number of methoxy groups -OCH3 is 1. The summed E-state index contributed by atoms with van der Waals surface area (Å²) in [6.07, 6.45) is 7.69. The molecule has 0 aromatic rings. The van der Waals surface area contributed by atoms with Crippen LogP contribution in [0.15, 0.2) is 23.8 Å². The zero-order chi connectivity index (χ0) is 28.2. The van der Waals surface area contributed by atoms with Crippen molar-refractivity contribution in [2.24, 2.45) is 17.8 Å². The van der Waals surface area contributed by atoms with Gasteiger partial charge in [-0.1, -0.05) is 39.0 Å². The predicted molar refractivity (Wildman–Crippen MR) is 140 cm³/mol. The lowest BCUT2D eigenvalue weighted by Gasteiger charge is -2.35. The van der Waals surface area contributed by atoms with Crippen LogP contribution in [-0.2, 0) is 33.4 Å². The van der Waals surface area contributed by atoms with Crippen molar-refractivity contribution < 1.29 is 38.5 Å². The van der Waals surface area contributed by atoms with Crippen LogP contribution in [-0.4, -0.2) is 71.2 Å². The Balaban J connectivity index is 1.49. The number of hydrogen-bond acceptors (Lipinski definition) is 8. The molecule has 0 saturated carbocycles. The molecule has 0 spiro atoms. The van der Waals surface area contributed by atoms with Gasteiger partial charge in [-0.25, -0.2) is 4.79 Å². The summed E-state index contributed by atoms with van der Waals surface area (Å²) in [6.45, 7) is 12.3. The highest BCUT2D eigenvalue weighted by molar-refractivity contribution is 6.01. The normalized spacial score (nSPS) is 33.4. The summed E-state index contributed by atoms with van der Waals surface area (Å²) in [5.41, 5.74) is 0.838. The lowest BCUT2D eigenvalue weighted by atomic mass is 9.85. The van der Waals surface area contributed by atoms with Gasteiger partial charge in [0.2, 0.25) is 0 Å². The van der Waals surface area contributed by atoms with Gasteiger partial charge in [0.25, 0.3) is 11.8 Å². The molecule has 2 amide bonds. The number of carbonyl (C=O) groups excluding carboxylic acids is 3. The highest BCUT2D eigenvalue weighted by Gasteiger charge is 2.56. The molecule has 1 N–H and O–H groups in total. The third-order valence-electron chi connectivity index (χ3n) is 8.05. The van der Waals surface area contributed by atoms with Gasteiger partial charge >= 0.3 is 5.97 Å². The van der Waals surface area contributed by atoms with E-state index in [-0.39, 0.29) is 61.1 Å². The second-order valence-electron chi connectivity index (χ2n) is 11.6. The van der Waals surface area contributed by atoms with E-state index in [1.807, 2.05) is 6.92 Å². The number of allylic oxidation sites excluding steroid dienone is 3. The Kier molecular flexibility index (Phi) is 10.3. The van der Waals surface area contributed by atoms with Crippen LogP contribution < -0.4 is 0 Å². The Morgan fingerprint density at radius 2 is 1.87 bits per heavy atom. The second-order valence-corrected chi connectivity index (χ2v) is 11.6. The smallest absolute Gasteiger partial charge is 0.335 e. The van der Waals surface area contributed by atoms with Crippen molar-refractivity contribution in [2.75, 3.05) is 7.11 Å². The number of epoxide rings is 1. The zero-order valence-electron chi connectivity index (χ0n) is 23.8. The first-order chi connectivity index (χ1) is 17.9. The van der Waals surface area contributed by atoms with Crippen LogP contribution >= 0.6 is 0 Å². The van der Waals surface area contributed by atoms with E-state index in [9.17, 15) is 19.5 Å². The van der Waals surface area contributed by atoms with E-state index in [1.165, 1.54) is 0 Å². The van der Waals surface area contributed by atoms with Crippen LogP contribution in [0.4, 0.5) is 0 Å². The molecule has 0 aliphatic carbocycles. The first-order valence-electron chi connectivity index (χ1n) is 13.8. The minimum absolute atomic E-state index is 0.00239. The van der Waals surface area contributed by atoms with Crippen molar-refractivity contribution in [1.29, 1.82) is 0 Å². The average Bonchev–Trinajstić information content (AvgIpc) is 3.41. The van der Waals surface area contributed by atoms with Crippen molar-refractivity contribution in [3.05, 3.63) is 23.8 Å². The van der Waals surface area contributed by atoms with Crippen molar-refractivity contribution in [2.45, 2.75) is 116 Å². The minimum Gasteiger partial charge on any atom is -0.391 e. The van der Waals surface area contributed by atoms with Gasteiger partial charge in [0.15, 0.2) is 0 Å². The number of rotatable bonds is 12. The minimum atomic E-state index is -0.629. The number of nitrogens with zero attached hydrogens (tertiary/aromatic N) is 1. The van der Waals surface area contributed by atoms with E-state index in [4.69, 9.17) is 19.0 Å². The summed E-state index contributed by atoms with van der Waals surface area (Å²) in [7, 11) is 1.62. The fourth-order valence-electron chi connectivity index (χ4n) is 6.00. The second kappa shape index (κ2) is 12.9. The molecule has 9 heteroatoms. The van der Waals surface area contributed by atoms with Crippen molar-refractivity contribution in [1.82, 2.24) is 5.06 Å². The molecule has 3 aliphatic rings. The number of hydrogen-bond donors (Lipinski definition) is 1. The number of ether oxygens (including phenoxy) is 3. The largest absolute Gasteiger partial charge is 0.391 e. The van der Waals surface area contributed by atoms with Crippen LogP contribution in [0.3, 0.4) is 0 Å². The zero-order valence-corrected chi connectivity index (χ0v) is 23.8. The van der Waals surface area contributed by atoms with Gasteiger partial charge in [-0.2, -0.15) is 0 Å². The molecule has 9 atom stereocenters. The number of carbonyl (C=O) groups is 3. The maximum absolute atomic E-state index is 12.3. The summed E-state index contributed by atoms with van der Waals surface area (Å²) in [4.78, 5) is 40.7. The number of imide groups is 1. The summed E-state index contributed by atoms with van der Waals surface area (Å²) < 4.78 is 17.8. The van der Waals surface area contributed by atoms with Crippen LogP contribution in [0.5, 0.6) is 0 Å². The highest BCUT2D eigenvalue weighted by Crippen LogP contribution is 2.47. The van der Waals surface area contributed by atoms with Gasteiger partial charge in [-0.15, -0.1) is 5.06 Å². The summed E-state index contributed by atoms with van der Waals surface area (Å²) >= 11 is 0. The van der Waals surface area contributed by atoms with E-state index in [2.05, 4.69) is 45.9 Å². The third kappa shape index (κ3) is 7.52. The van der Waals surface area contributed by atoms with Crippen molar-refractivity contribution in [3.8, 4) is 0 Å². The lowest BCUT2D eigenvalue weighted by molar-refractivity contribution is -0.200. The fraction of sp³-hybridized carbons (Fsp3) is 0.759. The Morgan fingerprint density at radius 1 is 1.21 bits per heavy atom. The molecule has 0 aromatic heterocycles. The van der Waals surface area contributed by atoms with Gasteiger partial charge in [-0.05, 0) is 57.4 Å². The number of aliphatic hydroxyl groups is 1. The maximum Gasteiger partial charge on any atom is 0.335 e. The van der Waals surface area contributed by atoms with Crippen molar-refractivity contribution in [3.63, 3.8) is 0 Å². The van der Waals surface area contributed by atoms with E-state index < -0.39 is 23.9 Å². The summed E-state index contributed by atoms with van der Waals surface area (Å²) in [5, 5.41) is 10.6. The quantitative estimate of drug-likeness (QED) is 0.227. The Labute approximate surface area is 226 Å². The molecule has 38 heavy (non-hydrogen) atoms. The van der Waals surface area contributed by atoms with Crippen LogP contribution in [0.1, 0.15) is 80.1 Å². The van der Waals surface area contributed by atoms with Gasteiger partial charge in [0, 0.05) is 25.9 Å². The first-order valence-corrected chi connectivity index (χ1v) is 13.8. The van der Waals surface area contributed by atoms with E-state index >= 15 is 0 Å². The molecule has 0 aromatic carbocycles. The van der Waals surface area contributed by atoms with Crippen LogP contribution in [0, 0.1) is 17.8 Å². The van der Waals surface area contributed by atoms with Gasteiger partial charge < -0.3 is 24.2 Å². The highest BCUT2D eigenvalue weighted by atomic mass is 16.7. The molecule has 9 nitrogen and oxygen atoms in total. The molecule has 0 radical (unpaired) electrons. The topological polar surface area (TPSA) is 115 Å². The molecule has 3 aliphatic heterocycles. The standard InChI is InChI=1S/C29H45NO8/c1-17(16-29(6)28(37-29)20(4)27(35-7)21(5)31)9-8-10-18(2)26-19(3)11-12-22(36-26)15-25(34)38-30-23(32)13-14-24(30)33/h8-10,17,19-22,26-28,31H,11-16H2,1-7H3/b9-8+,18-10+/t17?,19-,20+,21+,22+,26+,27+,28+,29+/m0/s1. The van der Waals surface area contributed by atoms with Crippen LogP contribution in [0.25, 0.3) is 0 Å². The molecular formula is C29H45NO8. The maximum atomic E-state index is 12.3. The van der Waals surface area contributed by atoms with E-state index in [1.54, 1.807) is 14.0 Å². The Morgan fingerprint density at radius 3 is 2.47 bits per heavy atom. The molecule has 1 unspecified atom stereocenters. The van der Waals surface area contributed by atoms with Gasteiger partial charge in [0.1, 0.15) is 0 Å². The number of hydroxylamine groups is 2. The SMILES string of the molecule is CO[C@H]([C@@H](C)[C@H]1O[C@]1(C)CC(C)/C=C/C=C(\C)[C@H]1O[C@@H](CC(=O)ON2C(=O)CCC2=O)CC[C@@H]1C)[C@@H](C)O. The number of amides is 2. The van der Waals surface area contributed by atoms with Gasteiger partial charge in [0.05, 0.1) is 42.5 Å². The Bertz CT molecular complexity index is 914. The number of aliphatic hydroxyl groups excluding tert-OH is 1. The third-order valence-corrected chi connectivity index (χ3v) is 8.05. The monoisotopic (exact) mass is 535 g/mol. The van der Waals surface area contributed by atoms with E-state index in [0.717, 1.165) is 18.4 Å². The first kappa shape index (κ1) is 30.5. The molecule has 3 heterocycles. The fourth-order valence-corrected chi connectivity index (χ4v) is 6.00. The van der Waals surface area contributed by atoms with E-state index in [0.29, 0.717) is 17.4 Å². The molecule has 3 saturated heterocycles. The summed E-state index contributed by atoms with van der Waals surface area (Å²) in [6, 6.07) is 0. The average molecular weight is 536 g/mol. The van der Waals surface area contributed by atoms with Gasteiger partial charge in [-0.3, -0.25) is 9.59 Å². The molecule has 214 valence electrons.